The van der Waals surface area contributed by atoms with Crippen molar-refractivity contribution < 1.29 is 24.9 Å². The quantitative estimate of drug-likeness (QED) is 0.614. The van der Waals surface area contributed by atoms with E-state index in [-0.39, 0.29) is 29.4 Å². The lowest BCUT2D eigenvalue weighted by Gasteiger charge is -2.47. The van der Waals surface area contributed by atoms with Crippen molar-refractivity contribution in [1.82, 2.24) is 4.90 Å². The van der Waals surface area contributed by atoms with E-state index in [0.717, 1.165) is 19.4 Å². The zero-order valence-electron chi connectivity index (χ0n) is 21.2. The Morgan fingerprint density at radius 1 is 1.00 bits per heavy atom. The molecule has 0 bridgehead atoms. The highest BCUT2D eigenvalue weighted by molar-refractivity contribution is 5.82. The Morgan fingerprint density at radius 2 is 1.78 bits per heavy atom. The Bertz CT molecular complexity index is 1100. The van der Waals surface area contributed by atoms with Crippen LogP contribution in [0.4, 0.5) is 4.39 Å². The van der Waals surface area contributed by atoms with Crippen LogP contribution in [0.5, 0.6) is 5.75 Å². The molecular formula is C30H40FN3O2+2. The van der Waals surface area contributed by atoms with Crippen molar-refractivity contribution in [2.24, 2.45) is 11.8 Å². The number of phenols is 1. The Labute approximate surface area is 213 Å². The van der Waals surface area contributed by atoms with Gasteiger partial charge in [-0.3, -0.25) is 4.79 Å². The summed E-state index contributed by atoms with van der Waals surface area (Å²) < 4.78 is 15.4. The average Bonchev–Trinajstić information content (AvgIpc) is 3.34. The van der Waals surface area contributed by atoms with Crippen LogP contribution in [0.25, 0.3) is 0 Å². The van der Waals surface area contributed by atoms with E-state index in [9.17, 15) is 9.90 Å². The minimum Gasteiger partial charge on any atom is -0.507 e. The van der Waals surface area contributed by atoms with Gasteiger partial charge in [0, 0.05) is 18.2 Å². The van der Waals surface area contributed by atoms with E-state index in [1.165, 1.54) is 49.8 Å². The first-order chi connectivity index (χ1) is 17.6. The molecule has 1 saturated carbocycles. The molecule has 1 aliphatic carbocycles. The van der Waals surface area contributed by atoms with E-state index in [4.69, 9.17) is 0 Å². The van der Waals surface area contributed by atoms with E-state index in [0.29, 0.717) is 49.1 Å². The normalized spacial score (nSPS) is 30.9. The molecule has 0 aromatic heterocycles. The number of quaternary nitrogens is 2. The third-order valence-electron chi connectivity index (χ3n) is 9.86. The smallest absolute Gasteiger partial charge is 0.233 e. The van der Waals surface area contributed by atoms with Crippen molar-refractivity contribution >= 4 is 5.91 Å². The number of hydrogen-bond donors (Lipinski definition) is 3. The number of fused-ring (bicyclic) bond motifs is 2. The van der Waals surface area contributed by atoms with E-state index in [1.807, 2.05) is 0 Å². The van der Waals surface area contributed by atoms with Gasteiger partial charge >= 0.3 is 0 Å². The van der Waals surface area contributed by atoms with Gasteiger partial charge in [0.15, 0.2) is 0 Å². The van der Waals surface area contributed by atoms with Crippen LogP contribution in [0.1, 0.15) is 67.6 Å². The number of nitrogens with zero attached hydrogens (tertiary/aromatic N) is 1. The average molecular weight is 494 g/mol. The third kappa shape index (κ3) is 4.03. The lowest BCUT2D eigenvalue weighted by Crippen LogP contribution is -2.91. The van der Waals surface area contributed by atoms with E-state index in [2.05, 4.69) is 45.9 Å². The Hall–Kier alpha value is -2.44. The molecule has 36 heavy (non-hydrogen) atoms. The molecule has 5 nitrogen and oxygen atoms in total. The predicted molar refractivity (Wildman–Crippen MR) is 136 cm³/mol. The Morgan fingerprint density at radius 3 is 2.58 bits per heavy atom. The number of carbonyl (C=O) groups is 1. The minimum absolute atomic E-state index is 0.156. The number of phenolic OH excluding ortho intramolecular Hbond substituents is 1. The number of likely N-dealkylation sites (tertiary alicyclic amines) is 1. The third-order valence-corrected chi connectivity index (χ3v) is 9.86. The molecule has 4 aliphatic rings. The van der Waals surface area contributed by atoms with Crippen molar-refractivity contribution in [2.75, 3.05) is 26.2 Å². The van der Waals surface area contributed by atoms with Crippen LogP contribution in [-0.4, -0.2) is 48.1 Å². The van der Waals surface area contributed by atoms with Gasteiger partial charge in [-0.15, -0.1) is 0 Å². The fourth-order valence-corrected chi connectivity index (χ4v) is 8.11. The molecule has 4 atom stereocenters. The Kier molecular flexibility index (Phi) is 6.51. The SMILES string of the molecule is O=C([C@@H]1C[NH2+]C[C@]12C[NH2+]Cc1c(O)ccc(F)c12)N1CC[C@@H](c2ccccc2)C[C@H]1C1CCCCC1. The highest BCUT2D eigenvalue weighted by Crippen LogP contribution is 2.44. The van der Waals surface area contributed by atoms with Crippen LogP contribution in [0.15, 0.2) is 42.5 Å². The summed E-state index contributed by atoms with van der Waals surface area (Å²) in [5.41, 5.74) is 2.11. The number of rotatable bonds is 3. The molecule has 1 spiro atoms. The molecule has 5 N–H and O–H groups in total. The molecule has 192 valence electrons. The van der Waals surface area contributed by atoms with Crippen LogP contribution >= 0.6 is 0 Å². The predicted octanol–water partition coefficient (Wildman–Crippen LogP) is 2.39. The number of halogens is 1. The molecule has 3 fully saturated rings. The fraction of sp³-hybridized carbons (Fsp3) is 0.567. The van der Waals surface area contributed by atoms with Gasteiger partial charge in [0.25, 0.3) is 0 Å². The minimum atomic E-state index is -0.569. The van der Waals surface area contributed by atoms with Crippen molar-refractivity contribution in [3.63, 3.8) is 0 Å². The van der Waals surface area contributed by atoms with Crippen molar-refractivity contribution in [3.05, 3.63) is 65.0 Å². The lowest BCUT2D eigenvalue weighted by atomic mass is 9.67. The molecule has 2 saturated heterocycles. The molecule has 3 aliphatic heterocycles. The van der Waals surface area contributed by atoms with Crippen LogP contribution in [0.3, 0.4) is 0 Å². The second kappa shape index (κ2) is 9.79. The van der Waals surface area contributed by atoms with Gasteiger partial charge < -0.3 is 20.6 Å². The van der Waals surface area contributed by atoms with Gasteiger partial charge in [-0.25, -0.2) is 4.39 Å². The van der Waals surface area contributed by atoms with E-state index < -0.39 is 5.41 Å². The zero-order chi connectivity index (χ0) is 24.7. The summed E-state index contributed by atoms with van der Waals surface area (Å²) >= 11 is 0. The van der Waals surface area contributed by atoms with Crippen LogP contribution in [-0.2, 0) is 16.8 Å². The van der Waals surface area contributed by atoms with Gasteiger partial charge in [0.1, 0.15) is 29.4 Å². The summed E-state index contributed by atoms with van der Waals surface area (Å²) in [5.74, 6) is 0.892. The van der Waals surface area contributed by atoms with Crippen LogP contribution in [0, 0.1) is 17.7 Å². The van der Waals surface area contributed by atoms with Gasteiger partial charge in [0.2, 0.25) is 5.91 Å². The monoisotopic (exact) mass is 493 g/mol. The maximum absolute atomic E-state index is 15.4. The number of amides is 1. The Balaban J connectivity index is 1.33. The number of nitrogens with two attached hydrogens (primary N) is 2. The summed E-state index contributed by atoms with van der Waals surface area (Å²) in [6.45, 7) is 3.43. The van der Waals surface area contributed by atoms with Crippen molar-refractivity contribution in [2.45, 2.75) is 68.9 Å². The summed E-state index contributed by atoms with van der Waals surface area (Å²) in [5, 5.41) is 14.9. The molecule has 2 aromatic rings. The van der Waals surface area contributed by atoms with Crippen molar-refractivity contribution in [3.8, 4) is 5.75 Å². The summed E-state index contributed by atoms with van der Waals surface area (Å²) in [7, 11) is 0. The first kappa shape index (κ1) is 23.9. The standard InChI is InChI=1S/C30H38FN3O2/c31-25-11-12-27(35)23-16-32-18-30(28(23)25)19-33-17-24(30)29(36)34-14-13-22(20-7-3-1-4-8-20)15-26(34)21-9-5-2-6-10-21/h1,3-4,7-8,11-12,21-22,24,26,32-33,35H,2,5-6,9-10,13-19H2/p+2/t22-,24+,26+,30-/m1/s1. The summed E-state index contributed by atoms with van der Waals surface area (Å²) in [6.07, 6.45) is 8.24. The molecule has 6 heteroatoms. The maximum atomic E-state index is 15.4. The zero-order valence-corrected chi connectivity index (χ0v) is 21.2. The molecule has 0 radical (unpaired) electrons. The second-order valence-electron chi connectivity index (χ2n) is 11.7. The first-order valence-electron chi connectivity index (χ1n) is 14.1. The largest absolute Gasteiger partial charge is 0.507 e. The number of benzene rings is 2. The van der Waals surface area contributed by atoms with Crippen LogP contribution < -0.4 is 10.6 Å². The fourth-order valence-electron chi connectivity index (χ4n) is 8.11. The van der Waals surface area contributed by atoms with Crippen molar-refractivity contribution in [1.29, 1.82) is 0 Å². The molecule has 6 rings (SSSR count). The topological polar surface area (TPSA) is 73.8 Å². The van der Waals surface area contributed by atoms with Gasteiger partial charge in [-0.05, 0) is 55.2 Å². The molecule has 1 amide bonds. The summed E-state index contributed by atoms with van der Waals surface area (Å²) in [6, 6.07) is 13.9. The number of piperidine rings is 1. The van der Waals surface area contributed by atoms with Gasteiger partial charge in [-0.2, -0.15) is 0 Å². The molecule has 3 heterocycles. The highest BCUT2D eigenvalue weighted by Gasteiger charge is 2.58. The number of carbonyl (C=O) groups excluding carboxylic acids is 1. The lowest BCUT2D eigenvalue weighted by molar-refractivity contribution is -0.691. The summed E-state index contributed by atoms with van der Waals surface area (Å²) in [4.78, 5) is 16.7. The number of hydrogen-bond acceptors (Lipinski definition) is 2. The second-order valence-corrected chi connectivity index (χ2v) is 11.7. The number of aromatic hydroxyl groups is 1. The highest BCUT2D eigenvalue weighted by atomic mass is 19.1. The van der Waals surface area contributed by atoms with E-state index >= 15 is 4.39 Å². The maximum Gasteiger partial charge on any atom is 0.233 e. The van der Waals surface area contributed by atoms with E-state index in [1.54, 1.807) is 0 Å². The van der Waals surface area contributed by atoms with Gasteiger partial charge in [-0.1, -0.05) is 49.6 Å². The van der Waals surface area contributed by atoms with Gasteiger partial charge in [0.05, 0.1) is 25.2 Å². The first-order valence-corrected chi connectivity index (χ1v) is 14.1. The molecular weight excluding hydrogens is 453 g/mol. The van der Waals surface area contributed by atoms with Crippen LogP contribution in [0.2, 0.25) is 0 Å². The molecule has 2 aromatic carbocycles. The molecule has 0 unspecified atom stereocenters.